The molecule has 1 heterocycles. The molecule has 0 aromatic carbocycles. The maximum absolute atomic E-state index is 12.6. The molecule has 2 aliphatic carbocycles. The lowest BCUT2D eigenvalue weighted by atomic mass is 9.75. The molecule has 2 saturated carbocycles. The highest BCUT2D eigenvalue weighted by molar-refractivity contribution is 5.76. The minimum absolute atomic E-state index is 0.209. The molecule has 0 aromatic heterocycles. The maximum Gasteiger partial charge on any atom is 0.318 e. The zero-order chi connectivity index (χ0) is 13.1. The van der Waals surface area contributed by atoms with Crippen LogP contribution in [0.4, 0.5) is 4.79 Å². The molecule has 3 fully saturated rings. The molecule has 2 amide bonds. The van der Waals surface area contributed by atoms with Crippen molar-refractivity contribution in [3.05, 3.63) is 0 Å². The van der Waals surface area contributed by atoms with Crippen molar-refractivity contribution in [2.75, 3.05) is 6.54 Å². The van der Waals surface area contributed by atoms with E-state index in [1.54, 1.807) is 0 Å². The van der Waals surface area contributed by atoms with E-state index < -0.39 is 0 Å². The molecular formula is C16H28N2O. The smallest absolute Gasteiger partial charge is 0.318 e. The summed E-state index contributed by atoms with van der Waals surface area (Å²) in [5.41, 5.74) is 0.209. The molecule has 1 saturated heterocycles. The van der Waals surface area contributed by atoms with Crippen LogP contribution in [0.25, 0.3) is 0 Å². The van der Waals surface area contributed by atoms with Crippen LogP contribution in [0.3, 0.4) is 0 Å². The van der Waals surface area contributed by atoms with Gasteiger partial charge in [0.15, 0.2) is 0 Å². The molecule has 19 heavy (non-hydrogen) atoms. The van der Waals surface area contributed by atoms with Crippen molar-refractivity contribution in [1.82, 2.24) is 10.2 Å². The Balaban J connectivity index is 1.85. The highest BCUT2D eigenvalue weighted by Crippen LogP contribution is 2.41. The Morgan fingerprint density at radius 1 is 0.895 bits per heavy atom. The summed E-state index contributed by atoms with van der Waals surface area (Å²) in [6.07, 6.45) is 15.3. The first-order chi connectivity index (χ1) is 9.32. The van der Waals surface area contributed by atoms with Crippen LogP contribution in [0.15, 0.2) is 0 Å². The number of hydrogen-bond acceptors (Lipinski definition) is 1. The van der Waals surface area contributed by atoms with Gasteiger partial charge < -0.3 is 10.2 Å². The molecule has 3 rings (SSSR count). The van der Waals surface area contributed by atoms with E-state index in [-0.39, 0.29) is 11.6 Å². The number of amides is 2. The lowest BCUT2D eigenvalue weighted by Gasteiger charge is -2.50. The van der Waals surface area contributed by atoms with Crippen LogP contribution in [0.5, 0.6) is 0 Å². The molecule has 108 valence electrons. The topological polar surface area (TPSA) is 32.3 Å². The average molecular weight is 264 g/mol. The summed E-state index contributed by atoms with van der Waals surface area (Å²) in [6, 6.07) is 0.760. The van der Waals surface area contributed by atoms with Crippen molar-refractivity contribution in [1.29, 1.82) is 0 Å². The fourth-order valence-corrected chi connectivity index (χ4v) is 4.63. The third-order valence-electron chi connectivity index (χ3n) is 5.55. The molecule has 3 aliphatic rings. The molecule has 1 spiro atoms. The van der Waals surface area contributed by atoms with Gasteiger partial charge in [-0.05, 0) is 38.5 Å². The number of nitrogens with zero attached hydrogens (tertiary/aromatic N) is 1. The monoisotopic (exact) mass is 264 g/mol. The zero-order valence-electron chi connectivity index (χ0n) is 12.1. The lowest BCUT2D eigenvalue weighted by molar-refractivity contribution is 0.0331. The highest BCUT2D eigenvalue weighted by Gasteiger charge is 2.44. The van der Waals surface area contributed by atoms with E-state index in [0.29, 0.717) is 6.04 Å². The molecular weight excluding hydrogens is 236 g/mol. The molecule has 1 aliphatic heterocycles. The molecule has 0 bridgehead atoms. The number of carbonyl (C=O) groups excluding carboxylic acids is 1. The Hall–Kier alpha value is -0.730. The standard InChI is InChI=1S/C16H28N2O/c19-15-17-13-7-12-16(10-5-2-6-11-16)18(15)14-8-3-1-4-9-14/h14H,1-13H2,(H,17,19). The first-order valence-corrected chi connectivity index (χ1v) is 8.39. The van der Waals surface area contributed by atoms with Gasteiger partial charge in [-0.2, -0.15) is 0 Å². The Kier molecular flexibility index (Phi) is 3.99. The fourth-order valence-electron chi connectivity index (χ4n) is 4.63. The van der Waals surface area contributed by atoms with Gasteiger partial charge in [0.25, 0.3) is 0 Å². The van der Waals surface area contributed by atoms with Crippen molar-refractivity contribution in [3.8, 4) is 0 Å². The van der Waals surface area contributed by atoms with Gasteiger partial charge >= 0.3 is 6.03 Å². The molecule has 0 aromatic rings. The molecule has 0 radical (unpaired) electrons. The van der Waals surface area contributed by atoms with E-state index in [2.05, 4.69) is 10.2 Å². The maximum atomic E-state index is 12.6. The second-order valence-corrected chi connectivity index (χ2v) is 6.78. The van der Waals surface area contributed by atoms with Gasteiger partial charge in [-0.15, -0.1) is 0 Å². The van der Waals surface area contributed by atoms with Crippen molar-refractivity contribution in [2.45, 2.75) is 88.6 Å². The van der Waals surface area contributed by atoms with Gasteiger partial charge in [0.05, 0.1) is 0 Å². The molecule has 3 nitrogen and oxygen atoms in total. The summed E-state index contributed by atoms with van der Waals surface area (Å²) in [6.45, 7) is 0.879. The predicted molar refractivity (Wildman–Crippen MR) is 77.2 cm³/mol. The molecule has 0 unspecified atom stereocenters. The van der Waals surface area contributed by atoms with Gasteiger partial charge in [0.2, 0.25) is 0 Å². The van der Waals surface area contributed by atoms with E-state index in [0.717, 1.165) is 13.0 Å². The second kappa shape index (κ2) is 5.72. The van der Waals surface area contributed by atoms with Crippen molar-refractivity contribution < 1.29 is 4.79 Å². The van der Waals surface area contributed by atoms with Gasteiger partial charge in [0.1, 0.15) is 0 Å². The van der Waals surface area contributed by atoms with E-state index in [4.69, 9.17) is 0 Å². The zero-order valence-corrected chi connectivity index (χ0v) is 12.1. The first kappa shape index (κ1) is 13.3. The lowest BCUT2D eigenvalue weighted by Crippen LogP contribution is -2.58. The predicted octanol–water partition coefficient (Wildman–Crippen LogP) is 3.83. The van der Waals surface area contributed by atoms with Crippen molar-refractivity contribution in [2.24, 2.45) is 0 Å². The van der Waals surface area contributed by atoms with Crippen LogP contribution >= 0.6 is 0 Å². The van der Waals surface area contributed by atoms with Crippen molar-refractivity contribution in [3.63, 3.8) is 0 Å². The van der Waals surface area contributed by atoms with Gasteiger partial charge in [-0.25, -0.2) is 4.79 Å². The normalized spacial score (nSPS) is 29.1. The fraction of sp³-hybridized carbons (Fsp3) is 0.938. The molecule has 3 heteroatoms. The van der Waals surface area contributed by atoms with Crippen LogP contribution in [0.1, 0.15) is 77.0 Å². The van der Waals surface area contributed by atoms with Crippen LogP contribution in [-0.2, 0) is 0 Å². The summed E-state index contributed by atoms with van der Waals surface area (Å²) in [5.74, 6) is 0. The molecule has 1 N–H and O–H groups in total. The SMILES string of the molecule is O=C1NCCCC2(CCCCC2)N1C1CCCCC1. The summed E-state index contributed by atoms with van der Waals surface area (Å²) in [5, 5.41) is 3.15. The summed E-state index contributed by atoms with van der Waals surface area (Å²) < 4.78 is 0. The Bertz CT molecular complexity index is 317. The van der Waals surface area contributed by atoms with Crippen LogP contribution in [0, 0.1) is 0 Å². The summed E-state index contributed by atoms with van der Waals surface area (Å²) in [7, 11) is 0. The summed E-state index contributed by atoms with van der Waals surface area (Å²) in [4.78, 5) is 14.9. The number of carbonyl (C=O) groups is 1. The van der Waals surface area contributed by atoms with Gasteiger partial charge in [0, 0.05) is 18.1 Å². The van der Waals surface area contributed by atoms with Crippen LogP contribution in [0.2, 0.25) is 0 Å². The minimum Gasteiger partial charge on any atom is -0.338 e. The van der Waals surface area contributed by atoms with E-state index in [1.807, 2.05) is 0 Å². The van der Waals surface area contributed by atoms with Crippen LogP contribution in [-0.4, -0.2) is 29.1 Å². The van der Waals surface area contributed by atoms with E-state index in [1.165, 1.54) is 70.6 Å². The number of urea groups is 1. The Labute approximate surface area is 117 Å². The highest BCUT2D eigenvalue weighted by atomic mass is 16.2. The third kappa shape index (κ3) is 2.61. The van der Waals surface area contributed by atoms with Crippen LogP contribution < -0.4 is 5.32 Å². The van der Waals surface area contributed by atoms with E-state index >= 15 is 0 Å². The minimum atomic E-state index is 0.209. The quantitative estimate of drug-likeness (QED) is 0.767. The number of nitrogens with one attached hydrogen (secondary N) is 1. The third-order valence-corrected chi connectivity index (χ3v) is 5.55. The summed E-state index contributed by atoms with van der Waals surface area (Å²) >= 11 is 0. The molecule has 0 atom stereocenters. The number of rotatable bonds is 1. The first-order valence-electron chi connectivity index (χ1n) is 8.39. The van der Waals surface area contributed by atoms with Gasteiger partial charge in [-0.1, -0.05) is 38.5 Å². The van der Waals surface area contributed by atoms with Crippen molar-refractivity contribution >= 4 is 6.03 Å². The number of hydrogen-bond donors (Lipinski definition) is 1. The van der Waals surface area contributed by atoms with Gasteiger partial charge in [-0.3, -0.25) is 0 Å². The van der Waals surface area contributed by atoms with E-state index in [9.17, 15) is 4.79 Å². The average Bonchev–Trinajstić information content (AvgIpc) is 2.60. The Morgan fingerprint density at radius 2 is 1.53 bits per heavy atom. The second-order valence-electron chi connectivity index (χ2n) is 6.78. The Morgan fingerprint density at radius 3 is 2.26 bits per heavy atom. The largest absolute Gasteiger partial charge is 0.338 e.